The molecular weight excluding hydrogens is 260 g/mol. The van der Waals surface area contributed by atoms with E-state index in [1.807, 2.05) is 0 Å². The van der Waals surface area contributed by atoms with Crippen molar-refractivity contribution in [1.82, 2.24) is 20.3 Å². The van der Waals surface area contributed by atoms with Crippen LogP contribution in [0.4, 0.5) is 0 Å². The van der Waals surface area contributed by atoms with Gasteiger partial charge in [0.25, 0.3) is 0 Å². The van der Waals surface area contributed by atoms with Crippen LogP contribution in [0.25, 0.3) is 0 Å². The number of carboxylic acid groups (broad SMARTS) is 1. The Kier molecular flexibility index (Phi) is 4.70. The quantitative estimate of drug-likeness (QED) is 0.721. The number of aliphatic carboxylic acids is 1. The number of hydrogen-bond acceptors (Lipinski definition) is 4. The number of nitrogens with zero attached hydrogens (tertiary/aromatic N) is 3. The van der Waals surface area contributed by atoms with Crippen molar-refractivity contribution in [2.24, 2.45) is 5.41 Å². The maximum absolute atomic E-state index is 11.9. The van der Waals surface area contributed by atoms with Crippen LogP contribution >= 0.6 is 0 Å². The van der Waals surface area contributed by atoms with Crippen LogP contribution in [0.2, 0.25) is 0 Å². The summed E-state index contributed by atoms with van der Waals surface area (Å²) in [6.07, 6.45) is 7.21. The van der Waals surface area contributed by atoms with Gasteiger partial charge in [-0.25, -0.2) is 0 Å². The van der Waals surface area contributed by atoms with Crippen molar-refractivity contribution in [3.8, 4) is 0 Å². The molecule has 7 nitrogen and oxygen atoms in total. The van der Waals surface area contributed by atoms with Crippen molar-refractivity contribution < 1.29 is 14.7 Å². The molecule has 0 spiro atoms. The van der Waals surface area contributed by atoms with Gasteiger partial charge in [0.1, 0.15) is 0 Å². The second kappa shape index (κ2) is 6.49. The molecule has 1 heterocycles. The van der Waals surface area contributed by atoms with E-state index in [1.54, 1.807) is 17.1 Å². The molecule has 2 N–H and O–H groups in total. The zero-order valence-electron chi connectivity index (χ0n) is 11.4. The van der Waals surface area contributed by atoms with Crippen molar-refractivity contribution in [2.75, 3.05) is 6.54 Å². The molecule has 1 fully saturated rings. The van der Waals surface area contributed by atoms with Gasteiger partial charge in [0.15, 0.2) is 0 Å². The molecule has 1 aromatic rings. The summed E-state index contributed by atoms with van der Waals surface area (Å²) < 4.78 is 1.70. The summed E-state index contributed by atoms with van der Waals surface area (Å²) in [7, 11) is 0. The maximum atomic E-state index is 11.9. The molecule has 20 heavy (non-hydrogen) atoms. The van der Waals surface area contributed by atoms with Crippen LogP contribution in [0.5, 0.6) is 0 Å². The minimum atomic E-state index is -0.840. The van der Waals surface area contributed by atoms with Gasteiger partial charge in [0, 0.05) is 25.7 Å². The molecule has 0 radical (unpaired) electrons. The first-order valence-electron chi connectivity index (χ1n) is 6.97. The molecule has 1 amide bonds. The Labute approximate surface area is 117 Å². The lowest BCUT2D eigenvalue weighted by molar-refractivity contribution is -0.151. The van der Waals surface area contributed by atoms with E-state index < -0.39 is 11.4 Å². The Morgan fingerprint density at radius 1 is 1.35 bits per heavy atom. The standard InChI is InChI=1S/C13H20N4O3/c18-11(10-13(12(19)20)4-1-2-5-13)14-6-3-8-17-9-7-15-16-17/h7,9H,1-6,8,10H2,(H,14,18)(H,19,20). The fraction of sp³-hybridized carbons (Fsp3) is 0.692. The van der Waals surface area contributed by atoms with Crippen molar-refractivity contribution in [3.05, 3.63) is 12.4 Å². The van der Waals surface area contributed by atoms with Crippen molar-refractivity contribution >= 4 is 11.9 Å². The molecule has 0 unspecified atom stereocenters. The SMILES string of the molecule is O=C(CC1(C(=O)O)CCCC1)NCCCn1ccnn1. The molecule has 1 aromatic heterocycles. The molecule has 0 aromatic carbocycles. The highest BCUT2D eigenvalue weighted by Crippen LogP contribution is 2.41. The molecule has 7 heteroatoms. The lowest BCUT2D eigenvalue weighted by Gasteiger charge is -2.22. The second-order valence-corrected chi connectivity index (χ2v) is 5.34. The fourth-order valence-electron chi connectivity index (χ4n) is 2.71. The monoisotopic (exact) mass is 280 g/mol. The van der Waals surface area contributed by atoms with E-state index in [2.05, 4.69) is 15.6 Å². The Balaban J connectivity index is 1.70. The fourth-order valence-corrected chi connectivity index (χ4v) is 2.71. The summed E-state index contributed by atoms with van der Waals surface area (Å²) in [5, 5.41) is 19.6. The minimum Gasteiger partial charge on any atom is -0.481 e. The van der Waals surface area contributed by atoms with Gasteiger partial charge in [0.2, 0.25) is 5.91 Å². The van der Waals surface area contributed by atoms with Crippen LogP contribution in [0.15, 0.2) is 12.4 Å². The van der Waals surface area contributed by atoms with Crippen LogP contribution in [0.3, 0.4) is 0 Å². The van der Waals surface area contributed by atoms with Crippen molar-refractivity contribution in [1.29, 1.82) is 0 Å². The molecule has 0 saturated heterocycles. The average molecular weight is 280 g/mol. The van der Waals surface area contributed by atoms with E-state index in [0.29, 0.717) is 25.9 Å². The highest BCUT2D eigenvalue weighted by Gasteiger charge is 2.42. The summed E-state index contributed by atoms with van der Waals surface area (Å²) in [6, 6.07) is 0. The van der Waals surface area contributed by atoms with Gasteiger partial charge in [-0.2, -0.15) is 0 Å². The van der Waals surface area contributed by atoms with Gasteiger partial charge in [0.05, 0.1) is 11.6 Å². The second-order valence-electron chi connectivity index (χ2n) is 5.34. The first-order valence-corrected chi connectivity index (χ1v) is 6.97. The molecule has 1 aliphatic carbocycles. The highest BCUT2D eigenvalue weighted by atomic mass is 16.4. The topological polar surface area (TPSA) is 97.1 Å². The molecule has 2 rings (SSSR count). The first kappa shape index (κ1) is 14.5. The molecule has 1 aliphatic rings. The zero-order chi connectivity index (χ0) is 14.4. The summed E-state index contributed by atoms with van der Waals surface area (Å²) in [6.45, 7) is 1.21. The lowest BCUT2D eigenvalue weighted by Crippen LogP contribution is -2.36. The summed E-state index contributed by atoms with van der Waals surface area (Å²) >= 11 is 0. The Hall–Kier alpha value is -1.92. The molecule has 0 bridgehead atoms. The van der Waals surface area contributed by atoms with Crippen LogP contribution in [-0.4, -0.2) is 38.5 Å². The predicted octanol–water partition coefficient (Wildman–Crippen LogP) is 0.819. The first-order chi connectivity index (χ1) is 9.62. The van der Waals surface area contributed by atoms with Crippen LogP contribution < -0.4 is 5.32 Å². The molecular formula is C13H20N4O3. The minimum absolute atomic E-state index is 0.0889. The Morgan fingerprint density at radius 2 is 2.10 bits per heavy atom. The number of carbonyl (C=O) groups is 2. The molecule has 1 saturated carbocycles. The third-order valence-electron chi connectivity index (χ3n) is 3.87. The smallest absolute Gasteiger partial charge is 0.310 e. The van der Waals surface area contributed by atoms with Crippen molar-refractivity contribution in [3.63, 3.8) is 0 Å². The van der Waals surface area contributed by atoms with Crippen LogP contribution in [0.1, 0.15) is 38.5 Å². The van der Waals surface area contributed by atoms with Crippen LogP contribution in [-0.2, 0) is 16.1 Å². The van der Waals surface area contributed by atoms with Gasteiger partial charge >= 0.3 is 5.97 Å². The number of rotatable bonds is 7. The number of aryl methyl sites for hydroxylation is 1. The number of hydrogen-bond donors (Lipinski definition) is 2. The van der Waals surface area contributed by atoms with E-state index in [0.717, 1.165) is 19.3 Å². The summed E-state index contributed by atoms with van der Waals surface area (Å²) in [5.41, 5.74) is -0.837. The average Bonchev–Trinajstić information content (AvgIpc) is 3.06. The molecule has 0 atom stereocenters. The number of amides is 1. The Bertz CT molecular complexity index is 452. The van der Waals surface area contributed by atoms with E-state index in [1.165, 1.54) is 0 Å². The Morgan fingerprint density at radius 3 is 2.70 bits per heavy atom. The third kappa shape index (κ3) is 3.55. The highest BCUT2D eigenvalue weighted by molar-refractivity contribution is 5.85. The van der Waals surface area contributed by atoms with E-state index >= 15 is 0 Å². The predicted molar refractivity (Wildman–Crippen MR) is 70.8 cm³/mol. The van der Waals surface area contributed by atoms with Gasteiger partial charge in [-0.05, 0) is 19.3 Å². The number of nitrogens with one attached hydrogen (secondary N) is 1. The normalized spacial score (nSPS) is 17.0. The van der Waals surface area contributed by atoms with Gasteiger partial charge in [-0.15, -0.1) is 5.10 Å². The number of carbonyl (C=O) groups excluding carboxylic acids is 1. The zero-order valence-corrected chi connectivity index (χ0v) is 11.4. The van der Waals surface area contributed by atoms with E-state index in [9.17, 15) is 14.7 Å². The molecule has 110 valence electrons. The van der Waals surface area contributed by atoms with Gasteiger partial charge in [-0.3, -0.25) is 14.3 Å². The van der Waals surface area contributed by atoms with Gasteiger partial charge in [-0.1, -0.05) is 18.1 Å². The van der Waals surface area contributed by atoms with E-state index in [4.69, 9.17) is 0 Å². The summed E-state index contributed by atoms with van der Waals surface area (Å²) in [4.78, 5) is 23.2. The van der Waals surface area contributed by atoms with Crippen LogP contribution in [0, 0.1) is 5.41 Å². The number of carboxylic acids is 1. The van der Waals surface area contributed by atoms with Gasteiger partial charge < -0.3 is 10.4 Å². The largest absolute Gasteiger partial charge is 0.481 e. The lowest BCUT2D eigenvalue weighted by atomic mass is 9.82. The number of aromatic nitrogens is 3. The summed E-state index contributed by atoms with van der Waals surface area (Å²) in [5.74, 6) is -1.01. The maximum Gasteiger partial charge on any atom is 0.310 e. The van der Waals surface area contributed by atoms with E-state index in [-0.39, 0.29) is 12.3 Å². The van der Waals surface area contributed by atoms with Crippen molar-refractivity contribution in [2.45, 2.75) is 45.1 Å². The molecule has 0 aliphatic heterocycles. The third-order valence-corrected chi connectivity index (χ3v) is 3.87.